The third kappa shape index (κ3) is 9.08. The summed E-state index contributed by atoms with van der Waals surface area (Å²) >= 11 is 6.70. The summed E-state index contributed by atoms with van der Waals surface area (Å²) in [6.45, 7) is 7.08. The highest BCUT2D eigenvalue weighted by atomic mass is 32.2. The quantitative estimate of drug-likeness (QED) is 0.184. The molecular weight excluding hydrogens is 603 g/mol. The van der Waals surface area contributed by atoms with Gasteiger partial charge in [-0.1, -0.05) is 39.0 Å². The van der Waals surface area contributed by atoms with Crippen LogP contribution in [-0.4, -0.2) is 86.7 Å². The molecule has 2 atom stereocenters. The number of benzene rings is 1. The number of ether oxygens (including phenoxy) is 1. The smallest absolute Gasteiger partial charge is 0.324 e. The number of urea groups is 1. The van der Waals surface area contributed by atoms with E-state index in [-0.39, 0.29) is 31.0 Å². The molecule has 6 amide bonds. The number of fused-ring (bicyclic) bond motifs is 1. The minimum absolute atomic E-state index is 0.0639. The molecule has 3 rings (SSSR count). The van der Waals surface area contributed by atoms with Crippen LogP contribution < -0.4 is 10.6 Å². The molecule has 1 aliphatic rings. The van der Waals surface area contributed by atoms with Crippen molar-refractivity contribution in [2.45, 2.75) is 59.1 Å². The number of thioether (sulfide) groups is 1. The summed E-state index contributed by atoms with van der Waals surface area (Å²) in [6, 6.07) is 9.93. The van der Waals surface area contributed by atoms with Crippen LogP contribution in [0.1, 0.15) is 67.7 Å². The Morgan fingerprint density at radius 2 is 1.68 bits per heavy atom. The number of aromatic nitrogens is 1. The molecule has 236 valence electrons. The van der Waals surface area contributed by atoms with Crippen molar-refractivity contribution >= 4 is 64.5 Å². The molecule has 0 saturated carbocycles. The number of carbonyl (C=O) groups excluding carboxylic acids is 5. The van der Waals surface area contributed by atoms with Gasteiger partial charge in [0.1, 0.15) is 11.9 Å². The van der Waals surface area contributed by atoms with Crippen LogP contribution in [0.25, 0.3) is 0 Å². The summed E-state index contributed by atoms with van der Waals surface area (Å²) in [4.78, 5) is 72.7. The molecule has 0 unspecified atom stereocenters. The monoisotopic (exact) mass is 641 g/mol. The van der Waals surface area contributed by atoms with Crippen LogP contribution in [0.4, 0.5) is 10.6 Å². The fraction of sp³-hybridized carbons (Fsp3) is 0.452. The summed E-state index contributed by atoms with van der Waals surface area (Å²) < 4.78 is 5.71. The van der Waals surface area contributed by atoms with Gasteiger partial charge in [-0.2, -0.15) is 11.8 Å². The molecule has 0 spiro atoms. The number of imide groups is 2. The summed E-state index contributed by atoms with van der Waals surface area (Å²) in [5.74, 6) is -0.877. The highest BCUT2D eigenvalue weighted by Gasteiger charge is 2.38. The van der Waals surface area contributed by atoms with Gasteiger partial charge in [0.05, 0.1) is 11.1 Å². The first-order valence-electron chi connectivity index (χ1n) is 14.3. The summed E-state index contributed by atoms with van der Waals surface area (Å²) in [5.41, 5.74) is -0.0306. The van der Waals surface area contributed by atoms with Crippen molar-refractivity contribution in [1.82, 2.24) is 20.1 Å². The molecule has 0 bridgehead atoms. The first-order chi connectivity index (χ1) is 20.8. The van der Waals surface area contributed by atoms with Crippen LogP contribution in [-0.2, 0) is 14.3 Å². The molecule has 1 aliphatic heterocycles. The Morgan fingerprint density at radius 1 is 1.05 bits per heavy atom. The van der Waals surface area contributed by atoms with E-state index in [9.17, 15) is 24.0 Å². The predicted octanol–water partition coefficient (Wildman–Crippen LogP) is 4.54. The lowest BCUT2D eigenvalue weighted by Crippen LogP contribution is -2.57. The van der Waals surface area contributed by atoms with E-state index >= 15 is 0 Å². The highest BCUT2D eigenvalue weighted by molar-refractivity contribution is 7.98. The number of nitrogens with one attached hydrogen (secondary N) is 2. The Morgan fingerprint density at radius 3 is 2.23 bits per heavy atom. The SMILES string of the molecule is CSCCCN(C(=O)N[C@H](C(=O)Nc1ccccn1)C(C)(C)C)C(=O)[C@H](CCCN1C(=O)c2ccccc2C1=O)OC(C)=S. The van der Waals surface area contributed by atoms with Crippen LogP contribution in [0.15, 0.2) is 48.7 Å². The minimum Gasteiger partial charge on any atom is -0.474 e. The van der Waals surface area contributed by atoms with E-state index in [1.54, 1.807) is 81.2 Å². The lowest BCUT2D eigenvalue weighted by atomic mass is 9.86. The van der Waals surface area contributed by atoms with Crippen molar-refractivity contribution in [2.24, 2.45) is 5.41 Å². The van der Waals surface area contributed by atoms with Gasteiger partial charge in [0.25, 0.3) is 17.7 Å². The van der Waals surface area contributed by atoms with Crippen molar-refractivity contribution in [2.75, 3.05) is 30.4 Å². The average molecular weight is 642 g/mol. The van der Waals surface area contributed by atoms with Gasteiger partial charge >= 0.3 is 6.03 Å². The van der Waals surface area contributed by atoms with E-state index in [1.165, 1.54) is 6.92 Å². The van der Waals surface area contributed by atoms with Crippen LogP contribution in [0.2, 0.25) is 0 Å². The molecule has 1 aromatic carbocycles. The second kappa shape index (κ2) is 15.8. The maximum Gasteiger partial charge on any atom is 0.324 e. The van der Waals surface area contributed by atoms with Gasteiger partial charge in [-0.05, 0) is 73.2 Å². The Labute approximate surface area is 267 Å². The molecule has 13 heteroatoms. The maximum atomic E-state index is 13.9. The van der Waals surface area contributed by atoms with E-state index in [0.717, 1.165) is 9.80 Å². The highest BCUT2D eigenvalue weighted by Crippen LogP contribution is 2.24. The normalized spacial score (nSPS) is 14.0. The third-order valence-electron chi connectivity index (χ3n) is 6.86. The third-order valence-corrected chi connectivity index (χ3v) is 7.66. The predicted molar refractivity (Wildman–Crippen MR) is 174 cm³/mol. The Balaban J connectivity index is 1.76. The maximum absolute atomic E-state index is 13.9. The van der Waals surface area contributed by atoms with E-state index < -0.39 is 47.2 Å². The fourth-order valence-electron chi connectivity index (χ4n) is 4.67. The standard InChI is InChI=1S/C31H39N5O6S2/c1-20(43)42-23(14-10-17-35-27(38)21-12-6-7-13-22(21)28(35)39)29(40)36(18-11-19-44-5)30(41)34-25(31(2,3)4)26(37)33-24-15-8-9-16-32-24/h6-9,12-13,15-16,23,25H,10-11,14,17-19H2,1-5H3,(H,34,41)(H,32,33,37)/t23-,25+/m0/s1. The molecule has 0 radical (unpaired) electrons. The number of amides is 6. The first-order valence-corrected chi connectivity index (χ1v) is 16.1. The molecule has 0 saturated heterocycles. The van der Waals surface area contributed by atoms with Crippen LogP contribution in [0, 0.1) is 5.41 Å². The van der Waals surface area contributed by atoms with Crippen LogP contribution >= 0.6 is 24.0 Å². The topological polar surface area (TPSA) is 138 Å². The van der Waals surface area contributed by atoms with E-state index in [0.29, 0.717) is 29.1 Å². The lowest BCUT2D eigenvalue weighted by Gasteiger charge is -2.33. The van der Waals surface area contributed by atoms with Crippen LogP contribution in [0.5, 0.6) is 0 Å². The molecule has 0 aliphatic carbocycles. The zero-order chi connectivity index (χ0) is 32.4. The Kier molecular flexibility index (Phi) is 12.4. The average Bonchev–Trinajstić information content (AvgIpc) is 3.21. The van der Waals surface area contributed by atoms with E-state index in [4.69, 9.17) is 17.0 Å². The molecule has 1 aromatic heterocycles. The fourth-order valence-corrected chi connectivity index (χ4v) is 5.21. The van der Waals surface area contributed by atoms with Gasteiger partial charge in [-0.15, -0.1) is 0 Å². The molecule has 44 heavy (non-hydrogen) atoms. The number of anilines is 1. The van der Waals surface area contributed by atoms with Gasteiger partial charge < -0.3 is 15.4 Å². The minimum atomic E-state index is -1.14. The van der Waals surface area contributed by atoms with Gasteiger partial charge in [0, 0.05) is 26.2 Å². The lowest BCUT2D eigenvalue weighted by molar-refractivity contribution is -0.136. The number of carbonyl (C=O) groups is 5. The summed E-state index contributed by atoms with van der Waals surface area (Å²) in [5, 5.41) is 5.58. The second-order valence-electron chi connectivity index (χ2n) is 11.3. The number of hydrogen-bond acceptors (Lipinski definition) is 9. The Hall–Kier alpha value is -3.84. The van der Waals surface area contributed by atoms with Crippen molar-refractivity contribution in [3.63, 3.8) is 0 Å². The van der Waals surface area contributed by atoms with Crippen LogP contribution in [0.3, 0.4) is 0 Å². The van der Waals surface area contributed by atoms with Crippen molar-refractivity contribution in [3.8, 4) is 0 Å². The molecule has 0 fully saturated rings. The Bertz CT molecular complexity index is 1350. The van der Waals surface area contributed by atoms with Gasteiger partial charge in [-0.3, -0.25) is 29.0 Å². The molecule has 11 nitrogen and oxygen atoms in total. The largest absolute Gasteiger partial charge is 0.474 e. The number of hydrogen-bond donors (Lipinski definition) is 2. The van der Waals surface area contributed by atoms with Gasteiger partial charge in [0.2, 0.25) is 5.91 Å². The van der Waals surface area contributed by atoms with Gasteiger partial charge in [-0.25, -0.2) is 9.78 Å². The van der Waals surface area contributed by atoms with E-state index in [2.05, 4.69) is 15.6 Å². The number of thiocarbonyl (C=S) groups is 1. The van der Waals surface area contributed by atoms with Crippen molar-refractivity contribution < 1.29 is 28.7 Å². The van der Waals surface area contributed by atoms with Gasteiger partial charge in [0.15, 0.2) is 11.2 Å². The van der Waals surface area contributed by atoms with Crippen molar-refractivity contribution in [1.29, 1.82) is 0 Å². The zero-order valence-corrected chi connectivity index (χ0v) is 27.3. The molecule has 2 N–H and O–H groups in total. The number of nitrogens with zero attached hydrogens (tertiary/aromatic N) is 3. The summed E-state index contributed by atoms with van der Waals surface area (Å²) in [7, 11) is 0. The second-order valence-corrected chi connectivity index (χ2v) is 12.9. The number of pyridine rings is 1. The zero-order valence-electron chi connectivity index (χ0n) is 25.6. The molecule has 2 heterocycles. The van der Waals surface area contributed by atoms with Crippen molar-refractivity contribution in [3.05, 3.63) is 59.8 Å². The number of rotatable bonds is 13. The first kappa shape index (κ1) is 34.6. The summed E-state index contributed by atoms with van der Waals surface area (Å²) in [6.07, 6.45) is 3.16. The molecule has 2 aromatic rings. The van der Waals surface area contributed by atoms with E-state index in [1.807, 2.05) is 6.26 Å². The molecular formula is C31H39N5O6S2.